The van der Waals surface area contributed by atoms with Crippen LogP contribution in [-0.2, 0) is 4.79 Å². The van der Waals surface area contributed by atoms with Crippen molar-refractivity contribution in [1.29, 1.82) is 0 Å². The third-order valence-electron chi connectivity index (χ3n) is 1.97. The molecule has 0 fully saturated rings. The third-order valence-corrected chi connectivity index (χ3v) is 3.02. The number of halogens is 6. The minimum atomic E-state index is -5.06. The van der Waals surface area contributed by atoms with Gasteiger partial charge in [0.15, 0.2) is 18.0 Å². The molecular weight excluding hydrogens is 270 g/mol. The fraction of sp³-hybridized carbons (Fsp3) is 0.889. The van der Waals surface area contributed by atoms with Crippen molar-refractivity contribution in [2.24, 2.45) is 0 Å². The molecule has 0 N–H and O–H groups in total. The van der Waals surface area contributed by atoms with Crippen LogP contribution < -0.4 is 0 Å². The molecule has 1 atom stereocenters. The molecule has 0 aromatic carbocycles. The molecule has 0 bridgehead atoms. The highest BCUT2D eigenvalue weighted by Crippen LogP contribution is 2.40. The lowest BCUT2D eigenvalue weighted by atomic mass is 10.1. The molecule has 0 rings (SSSR count). The van der Waals surface area contributed by atoms with E-state index < -0.39 is 31.1 Å². The summed E-state index contributed by atoms with van der Waals surface area (Å²) in [6.45, 7) is -1.10. The van der Waals surface area contributed by atoms with Gasteiger partial charge in [0.2, 0.25) is 0 Å². The number of rotatable bonds is 7. The SMILES string of the molecule is CCC(=O)SCCC(F)C(F)(F)C(F)(F)CF. The van der Waals surface area contributed by atoms with Crippen molar-refractivity contribution in [1.82, 2.24) is 0 Å². The monoisotopic (exact) mass is 282 g/mol. The third kappa shape index (κ3) is 4.40. The van der Waals surface area contributed by atoms with E-state index in [1.54, 1.807) is 0 Å². The topological polar surface area (TPSA) is 17.1 Å². The molecule has 0 aliphatic carbocycles. The zero-order chi connectivity index (χ0) is 13.7. The van der Waals surface area contributed by atoms with E-state index in [9.17, 15) is 31.1 Å². The van der Waals surface area contributed by atoms with Crippen LogP contribution >= 0.6 is 11.8 Å². The molecule has 8 heteroatoms. The van der Waals surface area contributed by atoms with Crippen molar-refractivity contribution < 1.29 is 31.1 Å². The maximum Gasteiger partial charge on any atom is 0.343 e. The van der Waals surface area contributed by atoms with Gasteiger partial charge in [0.05, 0.1) is 0 Å². The first-order chi connectivity index (χ1) is 7.69. The number of carbonyl (C=O) groups is 1. The van der Waals surface area contributed by atoms with Gasteiger partial charge in [-0.1, -0.05) is 18.7 Å². The average molecular weight is 282 g/mol. The van der Waals surface area contributed by atoms with E-state index in [-0.39, 0.29) is 17.3 Å². The summed E-state index contributed by atoms with van der Waals surface area (Å²) < 4.78 is 74.8. The van der Waals surface area contributed by atoms with Gasteiger partial charge in [0.1, 0.15) is 0 Å². The van der Waals surface area contributed by atoms with Gasteiger partial charge in [0.25, 0.3) is 0 Å². The fourth-order valence-corrected chi connectivity index (χ4v) is 1.63. The Morgan fingerprint density at radius 2 is 1.82 bits per heavy atom. The summed E-state index contributed by atoms with van der Waals surface area (Å²) >= 11 is 0.588. The molecule has 0 aliphatic rings. The molecule has 0 heterocycles. The summed E-state index contributed by atoms with van der Waals surface area (Å²) in [5.74, 6) is -10.4. The zero-order valence-electron chi connectivity index (χ0n) is 8.99. The first-order valence-electron chi connectivity index (χ1n) is 4.80. The van der Waals surface area contributed by atoms with E-state index in [1.807, 2.05) is 0 Å². The molecule has 17 heavy (non-hydrogen) atoms. The van der Waals surface area contributed by atoms with Gasteiger partial charge < -0.3 is 0 Å². The fourth-order valence-electron chi connectivity index (χ4n) is 0.878. The van der Waals surface area contributed by atoms with Crippen LogP contribution in [0, 0.1) is 0 Å². The number of alkyl halides is 6. The second kappa shape index (κ2) is 6.51. The lowest BCUT2D eigenvalue weighted by molar-refractivity contribution is -0.244. The summed E-state index contributed by atoms with van der Waals surface area (Å²) in [4.78, 5) is 10.7. The van der Waals surface area contributed by atoms with Crippen LogP contribution in [0.1, 0.15) is 19.8 Å². The minimum Gasteiger partial charge on any atom is -0.287 e. The summed E-state index contributed by atoms with van der Waals surface area (Å²) in [6, 6.07) is 0. The van der Waals surface area contributed by atoms with Crippen LogP contribution in [0.4, 0.5) is 26.3 Å². The Balaban J connectivity index is 4.30. The van der Waals surface area contributed by atoms with E-state index in [0.717, 1.165) is 0 Å². The average Bonchev–Trinajstić information content (AvgIpc) is 2.28. The maximum absolute atomic E-state index is 12.9. The molecule has 102 valence electrons. The van der Waals surface area contributed by atoms with Crippen LogP contribution in [-0.4, -0.2) is 35.6 Å². The van der Waals surface area contributed by atoms with Crippen LogP contribution in [0.25, 0.3) is 0 Å². The lowest BCUT2D eigenvalue weighted by Gasteiger charge is -2.26. The standard InChI is InChI=1S/C9H12F6OS/c1-2-7(16)17-4-3-6(11)9(14,15)8(12,13)5-10/h6H,2-5H2,1H3. The van der Waals surface area contributed by atoms with Crippen molar-refractivity contribution in [2.75, 3.05) is 12.4 Å². The van der Waals surface area contributed by atoms with Crippen LogP contribution in [0.5, 0.6) is 0 Å². The molecule has 0 saturated carbocycles. The number of hydrogen-bond acceptors (Lipinski definition) is 2. The first-order valence-corrected chi connectivity index (χ1v) is 5.79. The van der Waals surface area contributed by atoms with Crippen molar-refractivity contribution in [3.63, 3.8) is 0 Å². The van der Waals surface area contributed by atoms with Crippen molar-refractivity contribution in [2.45, 2.75) is 37.8 Å². The van der Waals surface area contributed by atoms with Gasteiger partial charge in [0, 0.05) is 12.2 Å². The Bertz CT molecular complexity index is 258. The largest absolute Gasteiger partial charge is 0.343 e. The van der Waals surface area contributed by atoms with Crippen LogP contribution in [0.15, 0.2) is 0 Å². The van der Waals surface area contributed by atoms with Gasteiger partial charge in [-0.25, -0.2) is 8.78 Å². The quantitative estimate of drug-likeness (QED) is 0.663. The molecule has 0 saturated heterocycles. The predicted octanol–water partition coefficient (Wildman–Crippen LogP) is 3.62. The normalized spacial score (nSPS) is 14.8. The summed E-state index contributed by atoms with van der Waals surface area (Å²) in [6.07, 6.45) is -3.97. The van der Waals surface area contributed by atoms with E-state index >= 15 is 0 Å². The second-order valence-electron chi connectivity index (χ2n) is 3.29. The van der Waals surface area contributed by atoms with Gasteiger partial charge in [-0.2, -0.15) is 17.6 Å². The maximum atomic E-state index is 12.9. The molecule has 0 aromatic heterocycles. The highest BCUT2D eigenvalue weighted by molar-refractivity contribution is 8.13. The second-order valence-corrected chi connectivity index (χ2v) is 4.44. The Hall–Kier alpha value is -0.400. The summed E-state index contributed by atoms with van der Waals surface area (Å²) in [5, 5.41) is -0.349. The zero-order valence-corrected chi connectivity index (χ0v) is 9.81. The highest BCUT2D eigenvalue weighted by atomic mass is 32.2. The van der Waals surface area contributed by atoms with Crippen molar-refractivity contribution >= 4 is 16.9 Å². The van der Waals surface area contributed by atoms with Gasteiger partial charge in [-0.15, -0.1) is 0 Å². The molecular formula is C9H12F6OS. The molecule has 0 amide bonds. The highest BCUT2D eigenvalue weighted by Gasteiger charge is 2.61. The molecule has 0 spiro atoms. The predicted molar refractivity (Wildman–Crippen MR) is 53.1 cm³/mol. The van der Waals surface area contributed by atoms with E-state index in [4.69, 9.17) is 0 Å². The number of thioether (sulfide) groups is 1. The van der Waals surface area contributed by atoms with E-state index in [2.05, 4.69) is 0 Å². The van der Waals surface area contributed by atoms with Gasteiger partial charge >= 0.3 is 11.8 Å². The Kier molecular flexibility index (Phi) is 6.36. The Morgan fingerprint density at radius 3 is 2.24 bits per heavy atom. The van der Waals surface area contributed by atoms with Crippen LogP contribution in [0.3, 0.4) is 0 Å². The van der Waals surface area contributed by atoms with Crippen LogP contribution in [0.2, 0.25) is 0 Å². The minimum absolute atomic E-state index is 0.138. The van der Waals surface area contributed by atoms with E-state index in [1.165, 1.54) is 6.92 Å². The van der Waals surface area contributed by atoms with Gasteiger partial charge in [-0.05, 0) is 6.42 Å². The molecule has 1 nitrogen and oxygen atoms in total. The van der Waals surface area contributed by atoms with E-state index in [0.29, 0.717) is 11.8 Å². The smallest absolute Gasteiger partial charge is 0.287 e. The number of hydrogen-bond donors (Lipinski definition) is 0. The first kappa shape index (κ1) is 16.6. The molecule has 0 aromatic rings. The summed E-state index contributed by atoms with van der Waals surface area (Å²) in [5.41, 5.74) is 0. The van der Waals surface area contributed by atoms with Crippen molar-refractivity contribution in [3.8, 4) is 0 Å². The Morgan fingerprint density at radius 1 is 1.29 bits per heavy atom. The molecule has 0 radical (unpaired) electrons. The Labute approximate surface area is 98.9 Å². The summed E-state index contributed by atoms with van der Waals surface area (Å²) in [7, 11) is 0. The van der Waals surface area contributed by atoms with Crippen molar-refractivity contribution in [3.05, 3.63) is 0 Å². The lowest BCUT2D eigenvalue weighted by Crippen LogP contribution is -2.49. The van der Waals surface area contributed by atoms with Gasteiger partial charge in [-0.3, -0.25) is 4.79 Å². The molecule has 0 aliphatic heterocycles. The molecule has 1 unspecified atom stereocenters. The number of carbonyl (C=O) groups excluding carboxylic acids is 1.